The summed E-state index contributed by atoms with van der Waals surface area (Å²) in [5.41, 5.74) is 3.68. The Kier molecular flexibility index (Phi) is 7.91. The van der Waals surface area contributed by atoms with Crippen LogP contribution in [0.4, 0.5) is 0 Å². The van der Waals surface area contributed by atoms with Crippen molar-refractivity contribution >= 4 is 17.9 Å². The number of carbonyl (C=O) groups excluding carboxylic acids is 2. The summed E-state index contributed by atoms with van der Waals surface area (Å²) < 4.78 is 0. The largest absolute Gasteiger partial charge is 0.508 e. The van der Waals surface area contributed by atoms with Gasteiger partial charge in [0.1, 0.15) is 5.75 Å². The molecule has 1 fully saturated rings. The lowest BCUT2D eigenvalue weighted by Crippen LogP contribution is -2.38. The van der Waals surface area contributed by atoms with Crippen LogP contribution in [0.5, 0.6) is 5.75 Å². The molecule has 1 aliphatic carbocycles. The molecule has 0 bridgehead atoms. The number of phenols is 1. The lowest BCUT2D eigenvalue weighted by molar-refractivity contribution is -0.140. The summed E-state index contributed by atoms with van der Waals surface area (Å²) >= 11 is 0. The van der Waals surface area contributed by atoms with Gasteiger partial charge in [-0.05, 0) is 62.3 Å². The number of aliphatic hydroxyl groups is 2. The molecule has 3 N–H and O–H groups in total. The monoisotopic (exact) mass is 441 g/mol. The van der Waals surface area contributed by atoms with E-state index in [2.05, 4.69) is 6.92 Å². The predicted molar refractivity (Wildman–Crippen MR) is 123 cm³/mol. The van der Waals surface area contributed by atoms with Crippen LogP contribution in [0.25, 0.3) is 6.08 Å². The zero-order valence-electron chi connectivity index (χ0n) is 19.3. The maximum absolute atomic E-state index is 13.0. The molecule has 0 spiro atoms. The van der Waals surface area contributed by atoms with Gasteiger partial charge in [0, 0.05) is 12.5 Å². The molecule has 4 atom stereocenters. The molecule has 1 aromatic rings. The van der Waals surface area contributed by atoms with E-state index in [0.29, 0.717) is 32.2 Å². The lowest BCUT2D eigenvalue weighted by atomic mass is 9.68. The minimum Gasteiger partial charge on any atom is -0.508 e. The number of fused-ring (bicyclic) bond motifs is 1. The normalized spacial score (nSPS) is 24.8. The molecule has 174 valence electrons. The Bertz CT molecular complexity index is 919. The number of carbonyl (C=O) groups is 2. The van der Waals surface area contributed by atoms with Crippen molar-refractivity contribution < 1.29 is 24.9 Å². The predicted octanol–water partition coefficient (Wildman–Crippen LogP) is 3.67. The summed E-state index contributed by atoms with van der Waals surface area (Å²) in [6, 6.07) is 7.05. The number of likely N-dealkylation sites (tertiary alicyclic amines) is 1. The van der Waals surface area contributed by atoms with Crippen molar-refractivity contribution in [2.45, 2.75) is 59.0 Å². The fraction of sp³-hybridized carbons (Fsp3) is 0.538. The Morgan fingerprint density at radius 2 is 2.00 bits per heavy atom. The smallest absolute Gasteiger partial charge is 0.233 e. The summed E-state index contributed by atoms with van der Waals surface area (Å²) in [5.74, 6) is -1.68. The van der Waals surface area contributed by atoms with Crippen molar-refractivity contribution in [3.05, 3.63) is 46.5 Å². The molecule has 1 saturated heterocycles. The van der Waals surface area contributed by atoms with Gasteiger partial charge >= 0.3 is 0 Å². The quantitative estimate of drug-likeness (QED) is 0.401. The third-order valence-corrected chi connectivity index (χ3v) is 6.86. The number of benzene rings is 1. The average Bonchev–Trinajstić information content (AvgIpc) is 3.00. The van der Waals surface area contributed by atoms with Crippen LogP contribution in [0.1, 0.15) is 58.4 Å². The second-order valence-corrected chi connectivity index (χ2v) is 8.99. The van der Waals surface area contributed by atoms with Crippen molar-refractivity contribution in [1.29, 1.82) is 0 Å². The molecule has 0 aromatic heterocycles. The highest BCUT2D eigenvalue weighted by molar-refractivity contribution is 6.05. The molecule has 6 nitrogen and oxygen atoms in total. The molecule has 3 rings (SSSR count). The Hall–Kier alpha value is -2.44. The van der Waals surface area contributed by atoms with Gasteiger partial charge < -0.3 is 15.3 Å². The van der Waals surface area contributed by atoms with Gasteiger partial charge in [-0.25, -0.2) is 0 Å². The minimum absolute atomic E-state index is 0.143. The molecule has 2 amide bonds. The molecule has 0 radical (unpaired) electrons. The standard InChI is InChI=1S/C26H35NO5/c1-4-11-27-25(31)20-12-16(3)23(21(15-28)24(20)26(27)32)22(30)10-9-17(5-2)13-18-7-6-8-19(29)14-18/h6-8,13-14,20-22,24,28-30H,4-5,9-12,15H2,1-3H3/b17-13+/t20-,21+,22-,24-/m1/s1. The number of aromatic hydroxyl groups is 1. The van der Waals surface area contributed by atoms with E-state index in [9.17, 15) is 24.9 Å². The SMILES string of the molecule is CCCN1C(=O)[C@@H]2[C@@H](CC(C)=C([C@H](O)CC/C(=C/c3cccc(O)c3)CC)[C@@H]2CO)C1=O. The number of phenolic OH excluding ortho intramolecular Hbond substituents is 1. The topological polar surface area (TPSA) is 98.1 Å². The molecular formula is C26H35NO5. The summed E-state index contributed by atoms with van der Waals surface area (Å²) in [5, 5.41) is 31.0. The van der Waals surface area contributed by atoms with E-state index >= 15 is 0 Å². The molecule has 0 saturated carbocycles. The second-order valence-electron chi connectivity index (χ2n) is 8.99. The van der Waals surface area contributed by atoms with Crippen molar-refractivity contribution in [3.63, 3.8) is 0 Å². The van der Waals surface area contributed by atoms with Gasteiger partial charge in [-0.3, -0.25) is 14.5 Å². The fourth-order valence-electron chi connectivity index (χ4n) is 5.31. The third kappa shape index (κ3) is 4.81. The van der Waals surface area contributed by atoms with Crippen LogP contribution in [0, 0.1) is 17.8 Å². The summed E-state index contributed by atoms with van der Waals surface area (Å²) in [7, 11) is 0. The van der Waals surface area contributed by atoms with Crippen molar-refractivity contribution in [2.75, 3.05) is 13.2 Å². The first-order valence-electron chi connectivity index (χ1n) is 11.6. The number of imide groups is 1. The molecule has 2 aliphatic rings. The van der Waals surface area contributed by atoms with Gasteiger partial charge in [-0.1, -0.05) is 43.2 Å². The van der Waals surface area contributed by atoms with Gasteiger partial charge in [-0.15, -0.1) is 0 Å². The molecule has 1 aliphatic heterocycles. The maximum Gasteiger partial charge on any atom is 0.233 e. The molecule has 6 heteroatoms. The van der Waals surface area contributed by atoms with Gasteiger partial charge in [-0.2, -0.15) is 0 Å². The number of rotatable bonds is 9. The first-order chi connectivity index (χ1) is 15.3. The van der Waals surface area contributed by atoms with E-state index < -0.39 is 23.9 Å². The average molecular weight is 442 g/mol. The van der Waals surface area contributed by atoms with Crippen molar-refractivity contribution in [1.82, 2.24) is 4.90 Å². The van der Waals surface area contributed by atoms with Crippen LogP contribution in [0.3, 0.4) is 0 Å². The van der Waals surface area contributed by atoms with E-state index in [4.69, 9.17) is 0 Å². The van der Waals surface area contributed by atoms with Crippen LogP contribution in [-0.4, -0.2) is 51.3 Å². The first kappa shape index (κ1) is 24.2. The third-order valence-electron chi connectivity index (χ3n) is 6.86. The highest BCUT2D eigenvalue weighted by Crippen LogP contribution is 2.46. The summed E-state index contributed by atoms with van der Waals surface area (Å²) in [6.45, 7) is 6.03. The van der Waals surface area contributed by atoms with Crippen LogP contribution >= 0.6 is 0 Å². The van der Waals surface area contributed by atoms with Gasteiger partial charge in [0.05, 0.1) is 24.5 Å². The fourth-order valence-corrected chi connectivity index (χ4v) is 5.31. The summed E-state index contributed by atoms with van der Waals surface area (Å²) in [4.78, 5) is 27.1. The Morgan fingerprint density at radius 1 is 1.25 bits per heavy atom. The zero-order valence-corrected chi connectivity index (χ0v) is 19.3. The van der Waals surface area contributed by atoms with Gasteiger partial charge in [0.25, 0.3) is 0 Å². The number of amides is 2. The Balaban J connectivity index is 1.77. The Morgan fingerprint density at radius 3 is 2.62 bits per heavy atom. The van der Waals surface area contributed by atoms with Crippen LogP contribution in [-0.2, 0) is 9.59 Å². The highest BCUT2D eigenvalue weighted by atomic mass is 16.3. The number of hydrogen-bond donors (Lipinski definition) is 3. The van der Waals surface area contributed by atoms with Gasteiger partial charge in [0.2, 0.25) is 11.8 Å². The first-order valence-corrected chi connectivity index (χ1v) is 11.6. The second kappa shape index (κ2) is 10.5. The number of aliphatic hydroxyl groups excluding tert-OH is 2. The van der Waals surface area contributed by atoms with E-state index in [-0.39, 0.29) is 24.2 Å². The number of nitrogens with zero attached hydrogens (tertiary/aromatic N) is 1. The molecular weight excluding hydrogens is 406 g/mol. The number of hydrogen-bond acceptors (Lipinski definition) is 5. The van der Waals surface area contributed by atoms with Gasteiger partial charge in [0.15, 0.2) is 0 Å². The van der Waals surface area contributed by atoms with E-state index in [1.54, 1.807) is 18.2 Å². The molecule has 1 heterocycles. The van der Waals surface area contributed by atoms with Crippen molar-refractivity contribution in [2.24, 2.45) is 17.8 Å². The number of allylic oxidation sites excluding steroid dienone is 2. The summed E-state index contributed by atoms with van der Waals surface area (Å²) in [6.07, 6.45) is 4.34. The van der Waals surface area contributed by atoms with Crippen LogP contribution in [0.15, 0.2) is 41.0 Å². The van der Waals surface area contributed by atoms with Crippen LogP contribution < -0.4 is 0 Å². The van der Waals surface area contributed by atoms with E-state index in [1.807, 2.05) is 26.0 Å². The van der Waals surface area contributed by atoms with E-state index in [0.717, 1.165) is 28.7 Å². The van der Waals surface area contributed by atoms with Crippen LogP contribution in [0.2, 0.25) is 0 Å². The molecule has 1 aromatic carbocycles. The Labute approximate surface area is 190 Å². The molecule has 0 unspecified atom stereocenters. The minimum atomic E-state index is -0.782. The lowest BCUT2D eigenvalue weighted by Gasteiger charge is -2.35. The molecule has 32 heavy (non-hydrogen) atoms. The maximum atomic E-state index is 13.0. The van der Waals surface area contributed by atoms with Crippen molar-refractivity contribution in [3.8, 4) is 5.75 Å². The van der Waals surface area contributed by atoms with E-state index in [1.165, 1.54) is 4.90 Å². The zero-order chi connectivity index (χ0) is 23.4. The highest BCUT2D eigenvalue weighted by Gasteiger charge is 2.53.